The predicted octanol–water partition coefficient (Wildman–Crippen LogP) is 3.87. The van der Waals surface area contributed by atoms with Crippen LogP contribution in [0.15, 0.2) is 46.9 Å². The number of aromatic nitrogens is 2. The first-order valence-electron chi connectivity index (χ1n) is 9.60. The normalized spacial score (nSPS) is 11.6. The van der Waals surface area contributed by atoms with Crippen molar-refractivity contribution in [1.82, 2.24) is 9.88 Å². The van der Waals surface area contributed by atoms with Crippen LogP contribution in [0, 0.1) is 0 Å². The number of benzene rings is 1. The molecule has 0 saturated heterocycles. The average Bonchev–Trinajstić information content (AvgIpc) is 2.99. The van der Waals surface area contributed by atoms with Gasteiger partial charge in [0.2, 0.25) is 0 Å². The lowest BCUT2D eigenvalue weighted by Crippen LogP contribution is -2.36. The van der Waals surface area contributed by atoms with E-state index in [1.165, 1.54) is 18.5 Å². The molecular weight excluding hydrogens is 324 g/mol. The Balaban J connectivity index is 1.96. The first-order chi connectivity index (χ1) is 12.6. The van der Waals surface area contributed by atoms with Crippen LogP contribution in [0.2, 0.25) is 0 Å². The summed E-state index contributed by atoms with van der Waals surface area (Å²) in [7, 11) is 3.93. The SMILES string of the molecule is CCC(CC)NCCN(CC)c1ccc(N=Nc2n(C)cc[n+]2C)cc1. The molecule has 0 spiro atoms. The van der Waals surface area contributed by atoms with E-state index in [-0.39, 0.29) is 0 Å². The van der Waals surface area contributed by atoms with Gasteiger partial charge in [-0.25, -0.2) is 9.13 Å². The van der Waals surface area contributed by atoms with E-state index in [4.69, 9.17) is 0 Å². The molecular formula is C20H33N6+. The average molecular weight is 358 g/mol. The maximum absolute atomic E-state index is 4.36. The third-order valence-electron chi connectivity index (χ3n) is 4.80. The molecule has 1 aromatic carbocycles. The minimum absolute atomic E-state index is 0.621. The Kier molecular flexibility index (Phi) is 7.78. The van der Waals surface area contributed by atoms with Crippen LogP contribution < -0.4 is 14.8 Å². The van der Waals surface area contributed by atoms with Crippen molar-refractivity contribution in [3.8, 4) is 0 Å². The Morgan fingerprint density at radius 3 is 2.35 bits per heavy atom. The van der Waals surface area contributed by atoms with Crippen LogP contribution in [-0.2, 0) is 14.1 Å². The van der Waals surface area contributed by atoms with Crippen LogP contribution in [0.1, 0.15) is 33.6 Å². The number of rotatable bonds is 10. The van der Waals surface area contributed by atoms with Crippen molar-refractivity contribution in [1.29, 1.82) is 0 Å². The van der Waals surface area contributed by atoms with Crippen LogP contribution in [0.4, 0.5) is 17.3 Å². The number of azo groups is 1. The van der Waals surface area contributed by atoms with Crippen molar-refractivity contribution >= 4 is 17.3 Å². The topological polar surface area (TPSA) is 48.8 Å². The molecule has 6 heteroatoms. The molecule has 0 atom stereocenters. The van der Waals surface area contributed by atoms with Gasteiger partial charge in [-0.2, -0.15) is 0 Å². The molecule has 0 aliphatic rings. The maximum Gasteiger partial charge on any atom is 0.421 e. The van der Waals surface area contributed by atoms with Crippen molar-refractivity contribution in [2.24, 2.45) is 24.3 Å². The summed E-state index contributed by atoms with van der Waals surface area (Å²) in [6.07, 6.45) is 6.29. The van der Waals surface area contributed by atoms with E-state index in [0.717, 1.165) is 31.3 Å². The molecule has 0 radical (unpaired) electrons. The molecule has 26 heavy (non-hydrogen) atoms. The predicted molar refractivity (Wildman–Crippen MR) is 107 cm³/mol. The summed E-state index contributed by atoms with van der Waals surface area (Å²) in [6, 6.07) is 8.92. The largest absolute Gasteiger partial charge is 0.421 e. The monoisotopic (exact) mass is 357 g/mol. The minimum Gasteiger partial charge on any atom is -0.371 e. The second-order valence-electron chi connectivity index (χ2n) is 6.58. The Hall–Kier alpha value is -2.21. The number of nitrogens with zero attached hydrogens (tertiary/aromatic N) is 5. The van der Waals surface area contributed by atoms with Crippen molar-refractivity contribution in [2.75, 3.05) is 24.5 Å². The van der Waals surface area contributed by atoms with Crippen LogP contribution >= 0.6 is 0 Å². The molecule has 0 saturated carbocycles. The summed E-state index contributed by atoms with van der Waals surface area (Å²) in [6.45, 7) is 9.67. The molecule has 0 amide bonds. The lowest BCUT2D eigenvalue weighted by molar-refractivity contribution is -0.657. The highest BCUT2D eigenvalue weighted by atomic mass is 15.3. The minimum atomic E-state index is 0.621. The van der Waals surface area contributed by atoms with E-state index in [0.29, 0.717) is 6.04 Å². The van der Waals surface area contributed by atoms with Crippen LogP contribution in [0.25, 0.3) is 0 Å². The maximum atomic E-state index is 4.36. The molecule has 2 rings (SSSR count). The van der Waals surface area contributed by atoms with Crippen LogP contribution in [0.3, 0.4) is 0 Å². The van der Waals surface area contributed by atoms with Gasteiger partial charge in [-0.3, -0.25) is 0 Å². The van der Waals surface area contributed by atoms with Gasteiger partial charge < -0.3 is 10.2 Å². The third kappa shape index (κ3) is 5.39. The highest BCUT2D eigenvalue weighted by Gasteiger charge is 2.10. The summed E-state index contributed by atoms with van der Waals surface area (Å²) < 4.78 is 3.90. The number of likely N-dealkylation sites (N-methyl/N-ethyl adjacent to an activating group) is 1. The quantitative estimate of drug-likeness (QED) is 0.518. The number of nitrogens with one attached hydrogen (secondary N) is 1. The van der Waals surface area contributed by atoms with Crippen molar-refractivity contribution in [3.63, 3.8) is 0 Å². The fourth-order valence-electron chi connectivity index (χ4n) is 3.01. The summed E-state index contributed by atoms with van der Waals surface area (Å²) >= 11 is 0. The number of hydrogen-bond donors (Lipinski definition) is 1. The van der Waals surface area contributed by atoms with Gasteiger partial charge in [-0.1, -0.05) is 19.0 Å². The Morgan fingerprint density at radius 2 is 1.81 bits per heavy atom. The number of aryl methyl sites for hydroxylation is 2. The van der Waals surface area contributed by atoms with E-state index >= 15 is 0 Å². The second-order valence-corrected chi connectivity index (χ2v) is 6.58. The van der Waals surface area contributed by atoms with Gasteiger partial charge in [0.1, 0.15) is 5.69 Å². The van der Waals surface area contributed by atoms with E-state index in [1.54, 1.807) is 0 Å². The number of anilines is 1. The van der Waals surface area contributed by atoms with E-state index < -0.39 is 0 Å². The molecule has 0 bridgehead atoms. The van der Waals surface area contributed by atoms with Crippen LogP contribution in [-0.4, -0.2) is 30.2 Å². The second kappa shape index (κ2) is 10.1. The number of hydrogen-bond acceptors (Lipinski definition) is 4. The Morgan fingerprint density at radius 1 is 1.12 bits per heavy atom. The molecule has 0 fully saturated rings. The summed E-state index contributed by atoms with van der Waals surface area (Å²) in [5, 5.41) is 12.3. The smallest absolute Gasteiger partial charge is 0.371 e. The van der Waals surface area contributed by atoms with Crippen LogP contribution in [0.5, 0.6) is 0 Å². The zero-order valence-corrected chi connectivity index (χ0v) is 16.8. The first kappa shape index (κ1) is 20.1. The molecule has 0 unspecified atom stereocenters. The van der Waals surface area contributed by atoms with Gasteiger partial charge in [0.15, 0.2) is 0 Å². The van der Waals surface area contributed by atoms with Crippen molar-refractivity contribution in [2.45, 2.75) is 39.7 Å². The molecule has 0 aliphatic heterocycles. The van der Waals surface area contributed by atoms with Crippen molar-refractivity contribution < 1.29 is 4.57 Å². The van der Waals surface area contributed by atoms with Gasteiger partial charge in [0.25, 0.3) is 0 Å². The molecule has 0 aliphatic carbocycles. The van der Waals surface area contributed by atoms with Gasteiger partial charge in [0.05, 0.1) is 26.5 Å². The summed E-state index contributed by atoms with van der Waals surface area (Å²) in [4.78, 5) is 2.38. The Labute approximate surface area is 157 Å². The third-order valence-corrected chi connectivity index (χ3v) is 4.80. The molecule has 1 aromatic heterocycles. The van der Waals surface area contributed by atoms with Gasteiger partial charge in [-0.15, -0.1) is 0 Å². The van der Waals surface area contributed by atoms with E-state index in [9.17, 15) is 0 Å². The summed E-state index contributed by atoms with van der Waals surface area (Å²) in [5.41, 5.74) is 2.09. The van der Waals surface area contributed by atoms with E-state index in [2.05, 4.69) is 53.3 Å². The van der Waals surface area contributed by atoms with Gasteiger partial charge in [0, 0.05) is 36.5 Å². The van der Waals surface area contributed by atoms with Gasteiger partial charge >= 0.3 is 5.95 Å². The molecule has 1 N–H and O–H groups in total. The van der Waals surface area contributed by atoms with Gasteiger partial charge in [-0.05, 0) is 44.0 Å². The number of imidazole rings is 1. The highest BCUT2D eigenvalue weighted by molar-refractivity contribution is 5.52. The van der Waals surface area contributed by atoms with Crippen molar-refractivity contribution in [3.05, 3.63) is 36.7 Å². The first-order valence-corrected chi connectivity index (χ1v) is 9.60. The lowest BCUT2D eigenvalue weighted by Gasteiger charge is -2.24. The highest BCUT2D eigenvalue weighted by Crippen LogP contribution is 2.21. The zero-order chi connectivity index (χ0) is 18.9. The molecule has 142 valence electrons. The lowest BCUT2D eigenvalue weighted by atomic mass is 10.2. The Bertz CT molecular complexity index is 665. The molecule has 6 nitrogen and oxygen atoms in total. The zero-order valence-electron chi connectivity index (χ0n) is 16.8. The fraction of sp³-hybridized carbons (Fsp3) is 0.550. The molecule has 1 heterocycles. The fourth-order valence-corrected chi connectivity index (χ4v) is 3.01. The van der Waals surface area contributed by atoms with E-state index in [1.807, 2.05) is 47.8 Å². The summed E-state index contributed by atoms with van der Waals surface area (Å²) in [5.74, 6) is 0.816. The standard InChI is InChI=1S/C20H33N6/c1-6-17(7-2)21-13-14-26(8-3)19-11-9-18(10-12-19)22-23-20-24(4)15-16-25(20)5/h9-12,15-17,21H,6-8,13-14H2,1-5H3/q+1. The molecule has 2 aromatic rings.